The van der Waals surface area contributed by atoms with Crippen LogP contribution in [-0.2, 0) is 14.3 Å². The van der Waals surface area contributed by atoms with Crippen molar-refractivity contribution in [1.29, 1.82) is 0 Å². The Morgan fingerprint density at radius 3 is 2.55 bits per heavy atom. The van der Waals surface area contributed by atoms with Gasteiger partial charge in [-0.15, -0.1) is 0 Å². The molecule has 1 unspecified atom stereocenters. The molecule has 1 heterocycles. The van der Waals surface area contributed by atoms with Crippen molar-refractivity contribution < 1.29 is 23.9 Å². The molecule has 2 aromatic rings. The number of esters is 1. The summed E-state index contributed by atoms with van der Waals surface area (Å²) >= 11 is 1.24. The van der Waals surface area contributed by atoms with Crippen molar-refractivity contribution in [3.63, 3.8) is 0 Å². The zero-order valence-corrected chi connectivity index (χ0v) is 19.7. The van der Waals surface area contributed by atoms with Gasteiger partial charge in [0.2, 0.25) is 11.8 Å². The Kier molecular flexibility index (Phi) is 8.48. The van der Waals surface area contributed by atoms with E-state index in [-0.39, 0.29) is 18.2 Å². The average molecular weight is 470 g/mol. The van der Waals surface area contributed by atoms with Crippen molar-refractivity contribution in [2.45, 2.75) is 32.4 Å². The monoisotopic (exact) mass is 469 g/mol. The molecule has 0 bridgehead atoms. The maximum absolute atomic E-state index is 12.9. The Morgan fingerprint density at radius 1 is 1.12 bits per heavy atom. The van der Waals surface area contributed by atoms with Gasteiger partial charge in [-0.1, -0.05) is 17.8 Å². The second-order valence-electron chi connectivity index (χ2n) is 7.06. The number of nitrogens with zero attached hydrogens (tertiary/aromatic N) is 2. The molecular weight excluding hydrogens is 442 g/mol. The number of anilines is 1. The number of amidine groups is 1. The fourth-order valence-corrected chi connectivity index (χ4v) is 4.37. The lowest BCUT2D eigenvalue weighted by Crippen LogP contribution is -2.45. The Balaban J connectivity index is 1.76. The molecule has 0 aromatic heterocycles. The van der Waals surface area contributed by atoms with Gasteiger partial charge in [0, 0.05) is 24.7 Å². The quantitative estimate of drug-likeness (QED) is 0.581. The summed E-state index contributed by atoms with van der Waals surface area (Å²) in [5, 5.41) is 2.69. The minimum Gasteiger partial charge on any atom is -0.494 e. The molecule has 0 aliphatic carbocycles. The predicted octanol–water partition coefficient (Wildman–Crippen LogP) is 4.24. The van der Waals surface area contributed by atoms with Crippen LogP contribution in [0, 0.1) is 0 Å². The van der Waals surface area contributed by atoms with E-state index in [1.165, 1.54) is 11.8 Å². The van der Waals surface area contributed by atoms with Gasteiger partial charge in [-0.05, 0) is 57.2 Å². The van der Waals surface area contributed by atoms with E-state index in [2.05, 4.69) is 10.3 Å². The zero-order chi connectivity index (χ0) is 23.8. The van der Waals surface area contributed by atoms with Crippen LogP contribution < -0.4 is 10.1 Å². The Hall–Kier alpha value is -3.33. The van der Waals surface area contributed by atoms with Gasteiger partial charge in [-0.2, -0.15) is 0 Å². The van der Waals surface area contributed by atoms with Crippen LogP contribution in [0.5, 0.6) is 5.75 Å². The van der Waals surface area contributed by atoms with Crippen LogP contribution in [0.1, 0.15) is 37.6 Å². The van der Waals surface area contributed by atoms with Crippen LogP contribution in [0.4, 0.5) is 11.4 Å². The summed E-state index contributed by atoms with van der Waals surface area (Å²) in [6.45, 7) is 6.76. The van der Waals surface area contributed by atoms with Crippen molar-refractivity contribution in [1.82, 2.24) is 4.90 Å². The fourth-order valence-electron chi connectivity index (χ4n) is 3.20. The summed E-state index contributed by atoms with van der Waals surface area (Å²) in [4.78, 5) is 43.6. The van der Waals surface area contributed by atoms with E-state index >= 15 is 0 Å². The molecule has 1 N–H and O–H groups in total. The molecule has 1 aliphatic heterocycles. The Morgan fingerprint density at radius 2 is 1.88 bits per heavy atom. The summed E-state index contributed by atoms with van der Waals surface area (Å²) in [6, 6.07) is 13.7. The smallest absolute Gasteiger partial charge is 0.338 e. The molecule has 2 aromatic carbocycles. The highest BCUT2D eigenvalue weighted by atomic mass is 32.2. The number of nitrogens with one attached hydrogen (secondary N) is 1. The number of carbonyl (C=O) groups is 3. The average Bonchev–Trinajstić information content (AvgIpc) is 2.80. The predicted molar refractivity (Wildman–Crippen MR) is 129 cm³/mol. The number of benzene rings is 2. The lowest BCUT2D eigenvalue weighted by atomic mass is 10.2. The summed E-state index contributed by atoms with van der Waals surface area (Å²) in [5.41, 5.74) is 1.60. The summed E-state index contributed by atoms with van der Waals surface area (Å²) < 4.78 is 10.5. The third-order valence-electron chi connectivity index (χ3n) is 4.76. The van der Waals surface area contributed by atoms with E-state index < -0.39 is 11.2 Å². The van der Waals surface area contributed by atoms with E-state index in [0.29, 0.717) is 47.6 Å². The number of thioether (sulfide) groups is 1. The molecule has 9 heteroatoms. The summed E-state index contributed by atoms with van der Waals surface area (Å²) in [7, 11) is 0. The number of carbonyl (C=O) groups excluding carboxylic acids is 3. The number of hydrogen-bond donors (Lipinski definition) is 1. The van der Waals surface area contributed by atoms with Gasteiger partial charge in [0.15, 0.2) is 5.17 Å². The maximum Gasteiger partial charge on any atom is 0.338 e. The summed E-state index contributed by atoms with van der Waals surface area (Å²) in [5.74, 6) is -0.183. The highest BCUT2D eigenvalue weighted by molar-refractivity contribution is 8.15. The molecule has 2 amide bonds. The first-order chi connectivity index (χ1) is 15.9. The first-order valence-electron chi connectivity index (χ1n) is 10.8. The van der Waals surface area contributed by atoms with Gasteiger partial charge in [-0.3, -0.25) is 14.5 Å². The van der Waals surface area contributed by atoms with E-state index in [0.717, 1.165) is 0 Å². The second-order valence-corrected chi connectivity index (χ2v) is 8.23. The third kappa shape index (κ3) is 6.35. The number of rotatable bonds is 8. The Labute approximate surface area is 197 Å². The van der Waals surface area contributed by atoms with Crippen LogP contribution in [0.2, 0.25) is 0 Å². The molecule has 33 heavy (non-hydrogen) atoms. The topological polar surface area (TPSA) is 97.3 Å². The molecule has 1 atom stereocenters. The van der Waals surface area contributed by atoms with Crippen molar-refractivity contribution in [3.8, 4) is 5.75 Å². The normalized spacial score (nSPS) is 17.1. The molecule has 0 spiro atoms. The first kappa shape index (κ1) is 24.3. The van der Waals surface area contributed by atoms with Crippen LogP contribution in [0.15, 0.2) is 53.5 Å². The van der Waals surface area contributed by atoms with Gasteiger partial charge < -0.3 is 14.8 Å². The van der Waals surface area contributed by atoms with Crippen LogP contribution >= 0.6 is 11.8 Å². The number of ether oxygens (including phenoxy) is 2. The number of hydrogen-bond acceptors (Lipinski definition) is 7. The largest absolute Gasteiger partial charge is 0.494 e. The molecule has 8 nitrogen and oxygen atoms in total. The van der Waals surface area contributed by atoms with E-state index in [1.54, 1.807) is 54.3 Å². The number of amides is 2. The third-order valence-corrected chi connectivity index (χ3v) is 5.95. The lowest BCUT2D eigenvalue weighted by molar-refractivity contribution is -0.129. The highest BCUT2D eigenvalue weighted by Crippen LogP contribution is 2.30. The van der Waals surface area contributed by atoms with E-state index in [4.69, 9.17) is 9.47 Å². The SMILES string of the molecule is CCOC(=O)c1ccc(N=C2SC(C(=O)Nc3cccc(OCC)c3)CC(=O)N2CC)cc1. The minimum absolute atomic E-state index is 0.0797. The lowest BCUT2D eigenvalue weighted by Gasteiger charge is -2.30. The first-order valence-corrected chi connectivity index (χ1v) is 11.7. The fraction of sp³-hybridized carbons (Fsp3) is 0.333. The van der Waals surface area contributed by atoms with Gasteiger partial charge in [0.25, 0.3) is 0 Å². The van der Waals surface area contributed by atoms with Gasteiger partial charge >= 0.3 is 5.97 Å². The van der Waals surface area contributed by atoms with E-state index in [1.807, 2.05) is 19.9 Å². The van der Waals surface area contributed by atoms with Crippen molar-refractivity contribution >= 4 is 46.1 Å². The molecule has 174 valence electrons. The van der Waals surface area contributed by atoms with Crippen LogP contribution in [0.25, 0.3) is 0 Å². The van der Waals surface area contributed by atoms with Crippen molar-refractivity contribution in [2.75, 3.05) is 25.1 Å². The van der Waals surface area contributed by atoms with E-state index in [9.17, 15) is 14.4 Å². The summed E-state index contributed by atoms with van der Waals surface area (Å²) in [6.07, 6.45) is 0.0797. The molecule has 1 saturated heterocycles. The Bertz CT molecular complexity index is 1040. The van der Waals surface area contributed by atoms with Crippen molar-refractivity contribution in [3.05, 3.63) is 54.1 Å². The molecule has 1 fully saturated rings. The van der Waals surface area contributed by atoms with Crippen molar-refractivity contribution in [2.24, 2.45) is 4.99 Å². The highest BCUT2D eigenvalue weighted by Gasteiger charge is 2.35. The zero-order valence-electron chi connectivity index (χ0n) is 18.9. The van der Waals surface area contributed by atoms with Crippen LogP contribution in [-0.4, -0.2) is 52.9 Å². The standard InChI is InChI=1S/C24H27N3O5S/c1-4-27-21(28)15-20(22(29)25-18-8-7-9-19(14-18)31-5-2)33-24(27)26-17-12-10-16(11-13-17)23(30)32-6-3/h7-14,20H,4-6,15H2,1-3H3,(H,25,29). The molecule has 3 rings (SSSR count). The number of aliphatic imine (C=N–C) groups is 1. The molecule has 1 aliphatic rings. The second kappa shape index (κ2) is 11.5. The van der Waals surface area contributed by atoms with Gasteiger partial charge in [0.05, 0.1) is 24.5 Å². The maximum atomic E-state index is 12.9. The molecule has 0 radical (unpaired) electrons. The van der Waals surface area contributed by atoms with Gasteiger partial charge in [-0.25, -0.2) is 9.79 Å². The molecule has 0 saturated carbocycles. The van der Waals surface area contributed by atoms with Gasteiger partial charge in [0.1, 0.15) is 11.0 Å². The minimum atomic E-state index is -0.617. The molecular formula is C24H27N3O5S. The van der Waals surface area contributed by atoms with Crippen LogP contribution in [0.3, 0.4) is 0 Å².